The molecule has 3 aromatic rings. The average Bonchev–Trinajstić information content (AvgIpc) is 2.53. The maximum Gasteiger partial charge on any atom is 0.189 e. The molecule has 100 valence electrons. The van der Waals surface area contributed by atoms with E-state index in [0.717, 1.165) is 27.5 Å². The predicted octanol–water partition coefficient (Wildman–Crippen LogP) is 4.66. The zero-order chi connectivity index (χ0) is 14.2. The minimum absolute atomic E-state index is 0.156. The fourth-order valence-electron chi connectivity index (χ4n) is 3.08. The molecule has 0 spiro atoms. The van der Waals surface area contributed by atoms with Crippen molar-refractivity contribution in [1.29, 1.82) is 0 Å². The Morgan fingerprint density at radius 2 is 1.57 bits per heavy atom. The second-order valence-corrected chi connectivity index (χ2v) is 5.41. The lowest BCUT2D eigenvalue weighted by Gasteiger charge is -2.18. The van der Waals surface area contributed by atoms with E-state index in [1.54, 1.807) is 0 Å². The fourth-order valence-corrected chi connectivity index (χ4v) is 3.08. The number of benzene rings is 3. The van der Waals surface area contributed by atoms with Gasteiger partial charge in [-0.05, 0) is 28.0 Å². The van der Waals surface area contributed by atoms with Crippen LogP contribution in [0.25, 0.3) is 16.8 Å². The second-order valence-electron chi connectivity index (χ2n) is 5.41. The van der Waals surface area contributed by atoms with Crippen LogP contribution in [0.3, 0.4) is 0 Å². The first-order chi connectivity index (χ1) is 10.3. The minimum Gasteiger partial charge on any atom is -0.289 e. The molecule has 0 N–H and O–H groups in total. The highest BCUT2D eigenvalue weighted by Crippen LogP contribution is 2.32. The van der Waals surface area contributed by atoms with E-state index in [0.29, 0.717) is 6.42 Å². The van der Waals surface area contributed by atoms with Crippen molar-refractivity contribution in [1.82, 2.24) is 0 Å². The van der Waals surface area contributed by atoms with E-state index in [9.17, 15) is 4.79 Å². The Morgan fingerprint density at radius 1 is 0.810 bits per heavy atom. The molecule has 1 aliphatic rings. The molecule has 0 fully saturated rings. The van der Waals surface area contributed by atoms with E-state index in [1.807, 2.05) is 48.5 Å². The van der Waals surface area contributed by atoms with Gasteiger partial charge in [0.25, 0.3) is 0 Å². The van der Waals surface area contributed by atoms with Gasteiger partial charge in [-0.2, -0.15) is 0 Å². The summed E-state index contributed by atoms with van der Waals surface area (Å²) in [6, 6.07) is 22.3. The van der Waals surface area contributed by atoms with E-state index >= 15 is 0 Å². The Labute approximate surface area is 123 Å². The maximum atomic E-state index is 12.7. The molecule has 0 saturated carbocycles. The highest BCUT2D eigenvalue weighted by atomic mass is 16.1. The molecule has 0 aliphatic heterocycles. The van der Waals surface area contributed by atoms with Gasteiger partial charge in [-0.25, -0.2) is 0 Å². The van der Waals surface area contributed by atoms with Crippen molar-refractivity contribution in [2.75, 3.05) is 0 Å². The number of hydrogen-bond acceptors (Lipinski definition) is 1. The van der Waals surface area contributed by atoms with E-state index in [2.05, 4.69) is 24.3 Å². The van der Waals surface area contributed by atoms with E-state index in [4.69, 9.17) is 0 Å². The first-order valence-corrected chi connectivity index (χ1v) is 7.14. The first kappa shape index (κ1) is 12.1. The van der Waals surface area contributed by atoms with Crippen molar-refractivity contribution >= 4 is 22.6 Å². The van der Waals surface area contributed by atoms with Gasteiger partial charge in [-0.3, -0.25) is 4.79 Å². The molecule has 3 aromatic carbocycles. The molecule has 21 heavy (non-hydrogen) atoms. The molecule has 0 saturated heterocycles. The normalized spacial score (nSPS) is 15.6. The molecule has 1 aliphatic carbocycles. The van der Waals surface area contributed by atoms with Crippen LogP contribution < -0.4 is 0 Å². The van der Waals surface area contributed by atoms with Crippen LogP contribution in [0.15, 0.2) is 72.3 Å². The lowest BCUT2D eigenvalue weighted by molar-refractivity contribution is 0.103. The van der Waals surface area contributed by atoms with Gasteiger partial charge in [-0.1, -0.05) is 66.7 Å². The topological polar surface area (TPSA) is 17.1 Å². The number of carbonyl (C=O) groups is 1. The summed E-state index contributed by atoms with van der Waals surface area (Å²) in [5, 5.41) is 2.27. The number of allylic oxidation sites excluding steroid dienone is 1. The minimum atomic E-state index is 0.156. The third-order valence-corrected chi connectivity index (χ3v) is 4.05. The molecule has 0 amide bonds. The predicted molar refractivity (Wildman–Crippen MR) is 86.4 cm³/mol. The monoisotopic (exact) mass is 270 g/mol. The number of hydrogen-bond donors (Lipinski definition) is 0. The quantitative estimate of drug-likeness (QED) is 0.588. The van der Waals surface area contributed by atoms with Gasteiger partial charge in [0.2, 0.25) is 0 Å². The Hall–Kier alpha value is -2.67. The second kappa shape index (κ2) is 4.71. The smallest absolute Gasteiger partial charge is 0.189 e. The summed E-state index contributed by atoms with van der Waals surface area (Å²) in [4.78, 5) is 12.7. The summed E-state index contributed by atoms with van der Waals surface area (Å²) in [5.74, 6) is 0.156. The molecule has 0 unspecified atom stereocenters. The summed E-state index contributed by atoms with van der Waals surface area (Å²) < 4.78 is 0. The average molecular weight is 270 g/mol. The molecular weight excluding hydrogens is 256 g/mol. The summed E-state index contributed by atoms with van der Waals surface area (Å²) in [6.45, 7) is 0. The molecule has 0 aromatic heterocycles. The van der Waals surface area contributed by atoms with Crippen molar-refractivity contribution in [3.8, 4) is 0 Å². The highest BCUT2D eigenvalue weighted by Gasteiger charge is 2.22. The van der Waals surface area contributed by atoms with Gasteiger partial charge in [-0.15, -0.1) is 0 Å². The van der Waals surface area contributed by atoms with Crippen molar-refractivity contribution in [3.63, 3.8) is 0 Å². The van der Waals surface area contributed by atoms with E-state index in [1.165, 1.54) is 5.56 Å². The van der Waals surface area contributed by atoms with Crippen molar-refractivity contribution in [2.24, 2.45) is 0 Å². The van der Waals surface area contributed by atoms with Crippen LogP contribution in [0.5, 0.6) is 0 Å². The Balaban J connectivity index is 1.90. The van der Waals surface area contributed by atoms with Crippen LogP contribution in [0.1, 0.15) is 21.5 Å². The van der Waals surface area contributed by atoms with Gasteiger partial charge in [0.1, 0.15) is 0 Å². The number of carbonyl (C=O) groups excluding carboxylic acids is 1. The van der Waals surface area contributed by atoms with E-state index < -0.39 is 0 Å². The summed E-state index contributed by atoms with van der Waals surface area (Å²) in [5.41, 5.74) is 4.02. The lowest BCUT2D eigenvalue weighted by Crippen LogP contribution is -2.13. The Kier molecular flexibility index (Phi) is 2.71. The van der Waals surface area contributed by atoms with Crippen LogP contribution in [0, 0.1) is 0 Å². The van der Waals surface area contributed by atoms with Gasteiger partial charge in [0, 0.05) is 17.6 Å². The van der Waals surface area contributed by atoms with Crippen LogP contribution in [0.2, 0.25) is 0 Å². The summed E-state index contributed by atoms with van der Waals surface area (Å²) >= 11 is 0. The third kappa shape index (κ3) is 1.98. The summed E-state index contributed by atoms with van der Waals surface area (Å²) in [6.07, 6.45) is 2.72. The summed E-state index contributed by atoms with van der Waals surface area (Å²) in [7, 11) is 0. The number of ketones is 1. The standard InChI is InChI=1S/C20H14O/c21-20-17(12-14-6-2-1-3-7-14)13-16-10-4-8-15-9-5-11-18(20)19(15)16/h1-12H,13H2/b17-12-. The third-order valence-electron chi connectivity index (χ3n) is 4.05. The molecular formula is C20H14O. The molecule has 1 heteroatoms. The van der Waals surface area contributed by atoms with E-state index in [-0.39, 0.29) is 5.78 Å². The fraction of sp³-hybridized carbons (Fsp3) is 0.0500. The van der Waals surface area contributed by atoms with Crippen molar-refractivity contribution < 1.29 is 4.79 Å². The first-order valence-electron chi connectivity index (χ1n) is 7.14. The van der Waals surface area contributed by atoms with Crippen molar-refractivity contribution in [2.45, 2.75) is 6.42 Å². The van der Waals surface area contributed by atoms with Crippen LogP contribution >= 0.6 is 0 Å². The molecule has 4 rings (SSSR count). The number of rotatable bonds is 1. The molecule has 0 atom stereocenters. The lowest BCUT2D eigenvalue weighted by atomic mass is 9.84. The van der Waals surface area contributed by atoms with Gasteiger partial charge in [0.15, 0.2) is 5.78 Å². The van der Waals surface area contributed by atoms with Gasteiger partial charge >= 0.3 is 0 Å². The largest absolute Gasteiger partial charge is 0.289 e. The maximum absolute atomic E-state index is 12.7. The molecule has 0 bridgehead atoms. The Bertz CT molecular complexity index is 867. The highest BCUT2D eigenvalue weighted by molar-refractivity contribution is 6.21. The van der Waals surface area contributed by atoms with Gasteiger partial charge in [0.05, 0.1) is 0 Å². The van der Waals surface area contributed by atoms with Gasteiger partial charge < -0.3 is 0 Å². The zero-order valence-electron chi connectivity index (χ0n) is 11.5. The zero-order valence-corrected chi connectivity index (χ0v) is 11.5. The van der Waals surface area contributed by atoms with Crippen molar-refractivity contribution in [3.05, 3.63) is 89.0 Å². The van der Waals surface area contributed by atoms with Crippen LogP contribution in [-0.2, 0) is 6.42 Å². The number of Topliss-reactive ketones (excluding diaryl/α,β-unsaturated/α-hetero) is 1. The van der Waals surface area contributed by atoms with Crippen LogP contribution in [-0.4, -0.2) is 5.78 Å². The van der Waals surface area contributed by atoms with Crippen LogP contribution in [0.4, 0.5) is 0 Å². The Morgan fingerprint density at radius 3 is 2.38 bits per heavy atom. The molecule has 1 nitrogen and oxygen atoms in total. The molecule has 0 heterocycles. The SMILES string of the molecule is O=C1/C(=C\c2ccccc2)Cc2cccc3cccc1c23. The molecule has 0 radical (unpaired) electrons.